The number of carbonyl (C=O) groups is 1. The molecule has 6 heteroatoms. The third-order valence-electron chi connectivity index (χ3n) is 4.12. The van der Waals surface area contributed by atoms with Crippen LogP contribution in [0.5, 0.6) is 0 Å². The van der Waals surface area contributed by atoms with Crippen molar-refractivity contribution in [2.75, 3.05) is 20.1 Å². The van der Waals surface area contributed by atoms with E-state index in [0.717, 1.165) is 40.4 Å². The summed E-state index contributed by atoms with van der Waals surface area (Å²) >= 11 is 7.62. The van der Waals surface area contributed by atoms with E-state index in [2.05, 4.69) is 5.32 Å². The molecule has 1 aliphatic rings. The number of hydrogen-bond donors (Lipinski definition) is 1. The summed E-state index contributed by atoms with van der Waals surface area (Å²) in [6, 6.07) is 10.1. The van der Waals surface area contributed by atoms with Crippen LogP contribution in [-0.2, 0) is 0 Å². The Balaban J connectivity index is 0.00000192. The maximum Gasteiger partial charge on any atom is 0.263 e. The summed E-state index contributed by atoms with van der Waals surface area (Å²) in [5.41, 5.74) is 2.19. The van der Waals surface area contributed by atoms with Crippen LogP contribution in [0, 0.1) is 6.92 Å². The first kappa shape index (κ1) is 18.3. The Hall–Kier alpha value is -1.07. The number of benzene rings is 1. The minimum absolute atomic E-state index is 0. The van der Waals surface area contributed by atoms with Gasteiger partial charge in [-0.05, 0) is 49.2 Å². The molecule has 0 saturated carbocycles. The monoisotopic (exact) mass is 370 g/mol. The molecule has 1 unspecified atom stereocenters. The van der Waals surface area contributed by atoms with Gasteiger partial charge in [-0.25, -0.2) is 0 Å². The molecule has 0 radical (unpaired) electrons. The van der Waals surface area contributed by atoms with E-state index in [4.69, 9.17) is 11.6 Å². The number of rotatable bonds is 3. The van der Waals surface area contributed by atoms with E-state index in [1.54, 1.807) is 11.3 Å². The largest absolute Gasteiger partial charge is 0.337 e. The number of nitrogens with zero attached hydrogens (tertiary/aromatic N) is 1. The van der Waals surface area contributed by atoms with Gasteiger partial charge < -0.3 is 10.2 Å². The number of hydrogen-bond acceptors (Lipinski definition) is 3. The lowest BCUT2D eigenvalue weighted by Gasteiger charge is -2.23. The quantitative estimate of drug-likeness (QED) is 0.876. The topological polar surface area (TPSA) is 32.3 Å². The fourth-order valence-electron chi connectivity index (χ4n) is 2.81. The Bertz CT molecular complexity index is 696. The first-order valence-corrected chi connectivity index (χ1v) is 8.60. The Morgan fingerprint density at radius 3 is 2.83 bits per heavy atom. The molecule has 1 atom stereocenters. The molecule has 1 aromatic carbocycles. The van der Waals surface area contributed by atoms with Crippen molar-refractivity contribution in [3.8, 4) is 10.4 Å². The lowest BCUT2D eigenvalue weighted by atomic mass is 10.1. The zero-order chi connectivity index (χ0) is 15.7. The van der Waals surface area contributed by atoms with E-state index in [-0.39, 0.29) is 18.3 Å². The van der Waals surface area contributed by atoms with Crippen LogP contribution in [0.15, 0.2) is 30.3 Å². The van der Waals surface area contributed by atoms with E-state index in [1.807, 2.05) is 49.2 Å². The van der Waals surface area contributed by atoms with Crippen LogP contribution in [0.4, 0.5) is 0 Å². The molecule has 1 amide bonds. The minimum Gasteiger partial charge on any atom is -0.337 e. The summed E-state index contributed by atoms with van der Waals surface area (Å²) in [7, 11) is 1.90. The van der Waals surface area contributed by atoms with Crippen molar-refractivity contribution in [2.45, 2.75) is 19.4 Å². The summed E-state index contributed by atoms with van der Waals surface area (Å²) in [5, 5.41) is 4.02. The fourth-order valence-corrected chi connectivity index (χ4v) is 4.16. The minimum atomic E-state index is 0. The summed E-state index contributed by atoms with van der Waals surface area (Å²) in [4.78, 5) is 16.5. The third kappa shape index (κ3) is 3.89. The van der Waals surface area contributed by atoms with Crippen LogP contribution in [0.25, 0.3) is 10.4 Å². The van der Waals surface area contributed by atoms with Crippen LogP contribution in [0.3, 0.4) is 0 Å². The highest BCUT2D eigenvalue weighted by molar-refractivity contribution is 7.17. The highest BCUT2D eigenvalue weighted by Gasteiger charge is 2.25. The number of aryl methyl sites for hydroxylation is 1. The molecule has 1 saturated heterocycles. The molecule has 1 aliphatic heterocycles. The van der Waals surface area contributed by atoms with Gasteiger partial charge in [-0.1, -0.05) is 23.7 Å². The molecule has 1 N–H and O–H groups in total. The third-order valence-corrected chi connectivity index (χ3v) is 5.63. The predicted octanol–water partition coefficient (Wildman–Crippen LogP) is 4.23. The Morgan fingerprint density at radius 2 is 2.17 bits per heavy atom. The summed E-state index contributed by atoms with van der Waals surface area (Å²) in [6.45, 7) is 3.91. The van der Waals surface area contributed by atoms with Crippen molar-refractivity contribution in [3.05, 3.63) is 45.8 Å². The zero-order valence-electron chi connectivity index (χ0n) is 13.1. The molecule has 0 spiro atoms. The maximum absolute atomic E-state index is 12.7. The molecule has 124 valence electrons. The second kappa shape index (κ2) is 7.67. The smallest absolute Gasteiger partial charge is 0.263 e. The molecule has 3 rings (SSSR count). The molecular formula is C17H20Cl2N2OS. The van der Waals surface area contributed by atoms with Crippen molar-refractivity contribution in [3.63, 3.8) is 0 Å². The normalized spacial score (nSPS) is 16.9. The predicted molar refractivity (Wildman–Crippen MR) is 100 cm³/mol. The lowest BCUT2D eigenvalue weighted by Crippen LogP contribution is -2.37. The molecule has 1 aromatic heterocycles. The van der Waals surface area contributed by atoms with Crippen molar-refractivity contribution < 1.29 is 4.79 Å². The van der Waals surface area contributed by atoms with Gasteiger partial charge in [0.2, 0.25) is 0 Å². The van der Waals surface area contributed by atoms with Crippen LogP contribution in [-0.4, -0.2) is 37.0 Å². The maximum atomic E-state index is 12.7. The number of likely N-dealkylation sites (N-methyl/N-ethyl adjacent to an activating group) is 1. The fraction of sp³-hybridized carbons (Fsp3) is 0.353. The van der Waals surface area contributed by atoms with E-state index in [9.17, 15) is 4.79 Å². The van der Waals surface area contributed by atoms with Crippen molar-refractivity contribution in [1.29, 1.82) is 0 Å². The Kier molecular flexibility index (Phi) is 6.09. The molecule has 23 heavy (non-hydrogen) atoms. The molecule has 2 heterocycles. The van der Waals surface area contributed by atoms with Gasteiger partial charge in [0.15, 0.2) is 0 Å². The zero-order valence-corrected chi connectivity index (χ0v) is 15.5. The molecular weight excluding hydrogens is 351 g/mol. The number of amides is 1. The van der Waals surface area contributed by atoms with E-state index >= 15 is 0 Å². The average molecular weight is 371 g/mol. The van der Waals surface area contributed by atoms with Gasteiger partial charge in [-0.3, -0.25) is 4.79 Å². The molecule has 1 fully saturated rings. The summed E-state index contributed by atoms with van der Waals surface area (Å²) in [6.07, 6.45) is 1.02. The van der Waals surface area contributed by atoms with Gasteiger partial charge in [-0.15, -0.1) is 23.7 Å². The molecule has 0 aliphatic carbocycles. The van der Waals surface area contributed by atoms with E-state index < -0.39 is 0 Å². The van der Waals surface area contributed by atoms with Gasteiger partial charge in [0, 0.05) is 29.5 Å². The van der Waals surface area contributed by atoms with Crippen LogP contribution >= 0.6 is 35.3 Å². The number of nitrogens with one attached hydrogen (secondary N) is 1. The molecule has 0 bridgehead atoms. The highest BCUT2D eigenvalue weighted by Crippen LogP contribution is 2.34. The van der Waals surface area contributed by atoms with Gasteiger partial charge in [0.1, 0.15) is 0 Å². The average Bonchev–Trinajstić information content (AvgIpc) is 3.15. The van der Waals surface area contributed by atoms with Crippen molar-refractivity contribution in [1.82, 2.24) is 10.2 Å². The Morgan fingerprint density at radius 1 is 1.39 bits per heavy atom. The van der Waals surface area contributed by atoms with Gasteiger partial charge in [-0.2, -0.15) is 0 Å². The SMILES string of the molecule is Cc1cc(C(=O)N(C)C2CCNC2)sc1-c1cccc(Cl)c1.Cl. The number of halogens is 2. The first-order chi connectivity index (χ1) is 10.6. The Labute approximate surface area is 152 Å². The second-order valence-corrected chi connectivity index (χ2v) is 7.18. The highest BCUT2D eigenvalue weighted by atomic mass is 35.5. The van der Waals surface area contributed by atoms with E-state index in [1.165, 1.54) is 0 Å². The summed E-state index contributed by atoms with van der Waals surface area (Å²) in [5.74, 6) is 0.107. The number of carbonyl (C=O) groups excluding carboxylic acids is 1. The van der Waals surface area contributed by atoms with E-state index in [0.29, 0.717) is 11.1 Å². The van der Waals surface area contributed by atoms with Crippen LogP contribution < -0.4 is 5.32 Å². The number of thiophene rings is 1. The first-order valence-electron chi connectivity index (χ1n) is 7.40. The van der Waals surface area contributed by atoms with Gasteiger partial charge in [0.25, 0.3) is 5.91 Å². The second-order valence-electron chi connectivity index (χ2n) is 5.70. The van der Waals surface area contributed by atoms with Crippen molar-refractivity contribution >= 4 is 41.3 Å². The lowest BCUT2D eigenvalue weighted by molar-refractivity contribution is 0.0748. The molecule has 2 aromatic rings. The van der Waals surface area contributed by atoms with Crippen LogP contribution in [0.2, 0.25) is 5.02 Å². The standard InChI is InChI=1S/C17H19ClN2OS.ClH/c1-11-8-15(17(21)20(2)14-6-7-19-10-14)22-16(11)12-4-3-5-13(18)9-12;/h3-5,8-9,14,19H,6-7,10H2,1-2H3;1H. The molecule has 3 nitrogen and oxygen atoms in total. The van der Waals surface area contributed by atoms with Crippen molar-refractivity contribution in [2.24, 2.45) is 0 Å². The van der Waals surface area contributed by atoms with Gasteiger partial charge >= 0.3 is 0 Å². The van der Waals surface area contributed by atoms with Gasteiger partial charge in [0.05, 0.1) is 4.88 Å². The summed E-state index contributed by atoms with van der Waals surface area (Å²) < 4.78 is 0. The van der Waals surface area contributed by atoms with Crippen LogP contribution in [0.1, 0.15) is 21.7 Å².